The largest absolute Gasteiger partial charge is 0.457 e. The van der Waals surface area contributed by atoms with Crippen LogP contribution in [-0.2, 0) is 60.7 Å². The van der Waals surface area contributed by atoms with E-state index in [4.69, 9.17) is 18.9 Å². The molecule has 4 aliphatic rings. The number of ketones is 2. The van der Waals surface area contributed by atoms with Gasteiger partial charge in [0.25, 0.3) is 11.8 Å². The predicted molar refractivity (Wildman–Crippen MR) is 307 cm³/mol. The fourth-order valence-corrected chi connectivity index (χ4v) is 11.1. The fraction of sp³-hybridized carbons (Fsp3) is 0.667. The van der Waals surface area contributed by atoms with Crippen molar-refractivity contribution in [2.45, 2.75) is 200 Å². The summed E-state index contributed by atoms with van der Waals surface area (Å²) >= 11 is 0. The maximum atomic E-state index is 14.1. The number of Topliss-reactive ketones (excluding diaryl/α,β-unsaturated/α-hetero) is 2. The van der Waals surface area contributed by atoms with Crippen LogP contribution >= 0.6 is 0 Å². The van der Waals surface area contributed by atoms with E-state index in [2.05, 4.69) is 12.4 Å². The molecular formula is C63H95N4O14+. The van der Waals surface area contributed by atoms with Crippen LogP contribution in [0.25, 0.3) is 0 Å². The number of benzene rings is 1. The van der Waals surface area contributed by atoms with Gasteiger partial charge in [-0.05, 0) is 89.9 Å². The highest BCUT2D eigenvalue weighted by atomic mass is 16.6. The number of piperazine rings is 1. The third-order valence-corrected chi connectivity index (χ3v) is 16.8. The first kappa shape index (κ1) is 66.4. The van der Waals surface area contributed by atoms with Crippen molar-refractivity contribution in [3.8, 4) is 0 Å². The summed E-state index contributed by atoms with van der Waals surface area (Å²) in [6.07, 6.45) is 11.1. The Hall–Kier alpha value is -5.37. The highest BCUT2D eigenvalue weighted by Crippen LogP contribution is 2.38. The number of carbonyl (C=O) groups excluding carboxylic acids is 7. The van der Waals surface area contributed by atoms with E-state index >= 15 is 0 Å². The summed E-state index contributed by atoms with van der Waals surface area (Å²) in [5.41, 5.74) is 0.344. The first-order chi connectivity index (χ1) is 38.2. The quantitative estimate of drug-likeness (QED) is 0.0131. The molecule has 0 saturated carbocycles. The smallest absolute Gasteiger partial charge is 0.410 e. The Morgan fingerprint density at radius 1 is 0.975 bits per heavy atom. The molecule has 4 aliphatic heterocycles. The van der Waals surface area contributed by atoms with Gasteiger partial charge in [0.05, 0.1) is 75.7 Å². The van der Waals surface area contributed by atoms with Crippen molar-refractivity contribution in [2.75, 3.05) is 46.4 Å². The van der Waals surface area contributed by atoms with Crippen molar-refractivity contribution in [1.82, 2.24) is 15.1 Å². The average molecular weight is 1130 g/mol. The van der Waals surface area contributed by atoms with E-state index in [9.17, 15) is 48.9 Å². The van der Waals surface area contributed by atoms with E-state index in [-0.39, 0.29) is 85.4 Å². The number of aliphatic hydroxyl groups is 3. The monoisotopic (exact) mass is 1130 g/mol. The molecule has 2 fully saturated rings. The number of allylic oxidation sites excluding steroid dienone is 2. The maximum absolute atomic E-state index is 14.1. The minimum atomic E-state index is -1.20. The van der Waals surface area contributed by atoms with Gasteiger partial charge in [-0.15, -0.1) is 0 Å². The lowest BCUT2D eigenvalue weighted by Gasteiger charge is -2.43. The normalized spacial score (nSPS) is 27.1. The minimum absolute atomic E-state index is 0.0399. The molecule has 0 aromatic heterocycles. The second kappa shape index (κ2) is 30.3. The van der Waals surface area contributed by atoms with Crippen LogP contribution in [0.1, 0.15) is 145 Å². The van der Waals surface area contributed by atoms with Crippen molar-refractivity contribution in [3.05, 3.63) is 83.5 Å². The van der Waals surface area contributed by atoms with Gasteiger partial charge < -0.3 is 44.1 Å². The van der Waals surface area contributed by atoms with E-state index in [1.54, 1.807) is 43.1 Å². The van der Waals surface area contributed by atoms with Crippen molar-refractivity contribution in [2.24, 2.45) is 23.7 Å². The maximum Gasteiger partial charge on any atom is 0.410 e. The van der Waals surface area contributed by atoms with Gasteiger partial charge in [-0.3, -0.25) is 38.6 Å². The molecule has 5 rings (SSSR count). The average Bonchev–Trinajstić information content (AvgIpc) is 4.21. The van der Waals surface area contributed by atoms with Gasteiger partial charge >= 0.3 is 12.1 Å². The van der Waals surface area contributed by atoms with Crippen molar-refractivity contribution >= 4 is 41.4 Å². The number of rotatable bonds is 27. The van der Waals surface area contributed by atoms with E-state index in [0.717, 1.165) is 11.1 Å². The molecule has 1 aromatic rings. The molecular weight excluding hydrogens is 1040 g/mol. The van der Waals surface area contributed by atoms with E-state index in [1.807, 2.05) is 85.7 Å². The van der Waals surface area contributed by atoms with Crippen LogP contribution in [0.4, 0.5) is 4.79 Å². The number of unbranched alkanes of at least 4 members (excludes halogenated alkanes) is 2. The Morgan fingerprint density at radius 2 is 1.63 bits per heavy atom. The molecule has 0 bridgehead atoms. The first-order valence-electron chi connectivity index (χ1n) is 29.5. The highest BCUT2D eigenvalue weighted by Gasteiger charge is 2.47. The lowest BCUT2D eigenvalue weighted by Crippen LogP contribution is -2.58. The molecule has 12 atom stereocenters. The van der Waals surface area contributed by atoms with Crippen LogP contribution in [0.5, 0.6) is 0 Å². The van der Waals surface area contributed by atoms with Crippen LogP contribution in [0.15, 0.2) is 72.4 Å². The number of nitrogens with one attached hydrogen (secondary N) is 1. The first-order valence-corrected chi connectivity index (χ1v) is 29.5. The number of cyclic esters (lactones) is 1. The van der Waals surface area contributed by atoms with Gasteiger partial charge in [-0.1, -0.05) is 89.6 Å². The molecule has 0 aliphatic carbocycles. The standard InChI is InChI=1S/C63H94N4O14/c1-12-51(70)44(7)59-53(79-59)39-62(9,77)29-17-18-42(5)58-43(6)20-25-54(63(10,78-13-2)30-28-49(69)38-57(74)81-58)80-61(76)65-32-34-67(11,35-33-65)40-47-23-21-46(22-24-47)36-52(71)45(8)64-60(75)50(41(3)4)37-48(68)19-15-14-16-31-66-55(72)26-27-56(66)73/h17-18,20-27,29,41,43-45,49-51,53-54,58-59,69-70,77H,12-16,19,28,30-40H2,1-11H3/p+1/b25-20+,29-17+,42-18+/t43-,44+,45-,49+,50-,51-,53+,54-,58+,59+,62-,63+/m0/s1. The molecule has 0 radical (unpaired) electrons. The molecule has 1 aromatic carbocycles. The SMILES string of the molecule is CCO[C@]1(C)CC[C@@H](O)CC(=O)O[C@H](/C(C)=C/C=C/[C@](C)(O)C[C@H]2O[C@@H]2[C@H](C)[C@@H](O)CC)[C@@H](C)/C=C/[C@@H]1OC(=O)N1CC[N+](C)(Cc2ccc(CC(=O)[C@H](C)NC(=O)[C@@H](CC(=O)CCCCCN3C(=O)C=CC3=O)C(C)C)cc2)CC1. The summed E-state index contributed by atoms with van der Waals surface area (Å²) < 4.78 is 25.2. The number of amides is 4. The fourth-order valence-electron chi connectivity index (χ4n) is 11.1. The van der Waals surface area contributed by atoms with Gasteiger partial charge in [0.2, 0.25) is 5.91 Å². The Bertz CT molecular complexity index is 2420. The second-order valence-corrected chi connectivity index (χ2v) is 24.4. The summed E-state index contributed by atoms with van der Waals surface area (Å²) in [5.74, 6) is -2.87. The van der Waals surface area contributed by atoms with E-state index < -0.39 is 65.6 Å². The molecule has 450 valence electrons. The number of ether oxygens (including phenoxy) is 4. The molecule has 4 N–H and O–H groups in total. The van der Waals surface area contributed by atoms with Crippen molar-refractivity contribution in [3.63, 3.8) is 0 Å². The van der Waals surface area contributed by atoms with Gasteiger partial charge in [0, 0.05) is 74.3 Å². The molecule has 0 spiro atoms. The number of likely N-dealkylation sites (N-methyl/N-ethyl adjacent to an activating group) is 1. The van der Waals surface area contributed by atoms with Gasteiger partial charge in [0.15, 0.2) is 11.9 Å². The van der Waals surface area contributed by atoms with E-state index in [0.29, 0.717) is 94.5 Å². The number of imide groups is 1. The highest BCUT2D eigenvalue weighted by molar-refractivity contribution is 6.12. The van der Waals surface area contributed by atoms with Crippen LogP contribution in [0.2, 0.25) is 0 Å². The summed E-state index contributed by atoms with van der Waals surface area (Å²) in [6.45, 7) is 22.0. The number of aliphatic hydroxyl groups excluding tert-OH is 2. The van der Waals surface area contributed by atoms with E-state index in [1.165, 1.54) is 17.1 Å². The van der Waals surface area contributed by atoms with Gasteiger partial charge in [0.1, 0.15) is 24.0 Å². The van der Waals surface area contributed by atoms with Crippen LogP contribution in [0.3, 0.4) is 0 Å². The summed E-state index contributed by atoms with van der Waals surface area (Å²) in [5, 5.41) is 35.4. The molecule has 81 heavy (non-hydrogen) atoms. The Kier molecular flexibility index (Phi) is 24.8. The topological polar surface area (TPSA) is 239 Å². The third-order valence-electron chi connectivity index (χ3n) is 16.8. The number of epoxide rings is 1. The molecule has 2 saturated heterocycles. The minimum Gasteiger partial charge on any atom is -0.457 e. The number of esters is 1. The van der Waals surface area contributed by atoms with Crippen LogP contribution in [-0.4, -0.2) is 171 Å². The molecule has 4 heterocycles. The third kappa shape index (κ3) is 20.2. The Balaban J connectivity index is 1.13. The van der Waals surface area contributed by atoms with Crippen LogP contribution < -0.4 is 5.32 Å². The summed E-state index contributed by atoms with van der Waals surface area (Å²) in [7, 11) is 2.15. The zero-order valence-corrected chi connectivity index (χ0v) is 50.1. The van der Waals surface area contributed by atoms with Crippen molar-refractivity contribution in [1.29, 1.82) is 0 Å². The summed E-state index contributed by atoms with van der Waals surface area (Å²) in [4.78, 5) is 93.5. The number of hydrogen-bond donors (Lipinski definition) is 4. The zero-order chi connectivity index (χ0) is 59.8. The lowest BCUT2D eigenvalue weighted by atomic mass is 9.88. The van der Waals surface area contributed by atoms with Crippen LogP contribution in [0, 0.1) is 23.7 Å². The molecule has 4 amide bonds. The second-order valence-electron chi connectivity index (χ2n) is 24.4. The number of carbonyl (C=O) groups is 7. The van der Waals surface area contributed by atoms with Gasteiger partial charge in [-0.25, -0.2) is 4.79 Å². The predicted octanol–water partition coefficient (Wildman–Crippen LogP) is 7.05. The number of nitrogens with zero attached hydrogens (tertiary/aromatic N) is 3. The summed E-state index contributed by atoms with van der Waals surface area (Å²) in [6, 6.07) is 7.12. The lowest BCUT2D eigenvalue weighted by molar-refractivity contribution is -0.926. The zero-order valence-electron chi connectivity index (χ0n) is 50.1. The Morgan fingerprint density at radius 3 is 2.26 bits per heavy atom. The molecule has 18 heteroatoms. The van der Waals surface area contributed by atoms with Gasteiger partial charge in [-0.2, -0.15) is 0 Å². The number of hydrogen-bond acceptors (Lipinski definition) is 14. The molecule has 0 unspecified atom stereocenters. The van der Waals surface area contributed by atoms with Crippen molar-refractivity contribution < 1.29 is 72.3 Å². The molecule has 18 nitrogen and oxygen atoms in total. The Labute approximate surface area is 480 Å². The number of quaternary nitrogens is 1.